The Morgan fingerprint density at radius 1 is 1.11 bits per heavy atom. The van der Waals surface area contributed by atoms with Crippen LogP contribution in [0.4, 0.5) is 13.2 Å². The number of sulfonamides is 1. The number of methoxy groups -OCH3 is 1. The van der Waals surface area contributed by atoms with Crippen LogP contribution in [-0.2, 0) is 30.9 Å². The highest BCUT2D eigenvalue weighted by Crippen LogP contribution is 2.19. The first-order valence-electron chi connectivity index (χ1n) is 7.11. The largest absolute Gasteiger partial charge is 0.463 e. The maximum absolute atomic E-state index is 13.5. The summed E-state index contributed by atoms with van der Waals surface area (Å²) in [5, 5.41) is 0. The molecule has 0 aliphatic carbocycles. The highest BCUT2D eigenvalue weighted by molar-refractivity contribution is 7.89. The van der Waals surface area contributed by atoms with Crippen molar-refractivity contribution in [1.82, 2.24) is 4.72 Å². The monoisotopic (exact) mass is 407 g/mol. The molecule has 8 nitrogen and oxygen atoms in total. The minimum atomic E-state index is -4.64. The van der Waals surface area contributed by atoms with Crippen molar-refractivity contribution < 1.29 is 45.1 Å². The van der Waals surface area contributed by atoms with Crippen molar-refractivity contribution in [3.63, 3.8) is 0 Å². The minimum Gasteiger partial charge on any atom is -0.463 e. The molecule has 0 saturated heterocycles. The predicted octanol–water partition coefficient (Wildman–Crippen LogP) is 1.51. The van der Waals surface area contributed by atoms with Gasteiger partial charge in [-0.15, -0.1) is 0 Å². The number of carbonyl (C=O) groups is 2. The van der Waals surface area contributed by atoms with Gasteiger partial charge in [0.05, 0.1) is 7.11 Å². The number of esters is 2. The van der Waals surface area contributed by atoms with Crippen molar-refractivity contribution >= 4 is 22.0 Å². The second-order valence-corrected chi connectivity index (χ2v) is 6.65. The maximum Gasteiger partial charge on any atom is 0.373 e. The lowest BCUT2D eigenvalue weighted by atomic mass is 10.3. The van der Waals surface area contributed by atoms with Gasteiger partial charge in [-0.25, -0.2) is 26.4 Å². The second-order valence-electron chi connectivity index (χ2n) is 4.92. The number of nitrogens with one attached hydrogen (secondary N) is 1. The molecule has 0 bridgehead atoms. The number of hydrogen-bond donors (Lipinski definition) is 1. The molecule has 0 unspecified atom stereocenters. The minimum absolute atomic E-state index is 0.0817. The number of carbonyl (C=O) groups excluding carboxylic acids is 2. The smallest absolute Gasteiger partial charge is 0.373 e. The van der Waals surface area contributed by atoms with E-state index in [1.165, 1.54) is 12.1 Å². The average molecular weight is 407 g/mol. The van der Waals surface area contributed by atoms with Gasteiger partial charge in [0.15, 0.2) is 17.5 Å². The van der Waals surface area contributed by atoms with Gasteiger partial charge in [0.1, 0.15) is 23.8 Å². The Balaban J connectivity index is 1.94. The SMILES string of the molecule is COC(=O)c1ccc(COC(=O)CNS(=O)(=O)c2ccc(F)c(F)c2F)o1. The number of rotatable bonds is 7. The lowest BCUT2D eigenvalue weighted by Crippen LogP contribution is -2.31. The molecular formula is C15H12F3NO7S. The van der Waals surface area contributed by atoms with Crippen LogP contribution in [0.1, 0.15) is 16.3 Å². The van der Waals surface area contributed by atoms with E-state index in [1.54, 1.807) is 4.72 Å². The first-order chi connectivity index (χ1) is 12.7. The zero-order valence-corrected chi connectivity index (χ0v) is 14.4. The van der Waals surface area contributed by atoms with Crippen molar-refractivity contribution in [2.75, 3.05) is 13.7 Å². The second kappa shape index (κ2) is 8.22. The van der Waals surface area contributed by atoms with Gasteiger partial charge >= 0.3 is 11.9 Å². The fourth-order valence-electron chi connectivity index (χ4n) is 1.82. The van der Waals surface area contributed by atoms with Gasteiger partial charge in [0, 0.05) is 0 Å². The highest BCUT2D eigenvalue weighted by Gasteiger charge is 2.24. The van der Waals surface area contributed by atoms with Crippen LogP contribution >= 0.6 is 0 Å². The van der Waals surface area contributed by atoms with Crippen molar-refractivity contribution in [2.24, 2.45) is 0 Å². The molecule has 12 heteroatoms. The molecule has 1 aromatic carbocycles. The van der Waals surface area contributed by atoms with E-state index < -0.39 is 57.5 Å². The van der Waals surface area contributed by atoms with E-state index in [-0.39, 0.29) is 11.5 Å². The molecule has 27 heavy (non-hydrogen) atoms. The summed E-state index contributed by atoms with van der Waals surface area (Å²) in [6.07, 6.45) is 0. The Morgan fingerprint density at radius 3 is 2.48 bits per heavy atom. The van der Waals surface area contributed by atoms with Crippen molar-refractivity contribution in [2.45, 2.75) is 11.5 Å². The van der Waals surface area contributed by atoms with Crippen LogP contribution in [0.3, 0.4) is 0 Å². The van der Waals surface area contributed by atoms with E-state index in [2.05, 4.69) is 4.74 Å². The first kappa shape index (κ1) is 20.5. The summed E-state index contributed by atoms with van der Waals surface area (Å²) >= 11 is 0. The molecule has 0 spiro atoms. The molecule has 2 aromatic rings. The van der Waals surface area contributed by atoms with E-state index >= 15 is 0 Å². The summed E-state index contributed by atoms with van der Waals surface area (Å²) in [6, 6.07) is 3.56. The summed E-state index contributed by atoms with van der Waals surface area (Å²) in [5.41, 5.74) is 0. The van der Waals surface area contributed by atoms with Crippen LogP contribution in [0.15, 0.2) is 33.6 Å². The van der Waals surface area contributed by atoms with E-state index in [0.717, 1.165) is 7.11 Å². The normalized spacial score (nSPS) is 11.3. The number of furan rings is 1. The number of halogens is 3. The standard InChI is InChI=1S/C15H12F3NO7S/c1-24-15(21)10-4-2-8(26-10)7-25-12(20)6-19-27(22,23)11-5-3-9(16)13(17)14(11)18/h2-5,19H,6-7H2,1H3. The molecule has 0 atom stereocenters. The zero-order chi connectivity index (χ0) is 20.2. The molecule has 0 radical (unpaired) electrons. The quantitative estimate of drug-likeness (QED) is 0.547. The van der Waals surface area contributed by atoms with Gasteiger partial charge in [-0.05, 0) is 24.3 Å². The molecule has 1 N–H and O–H groups in total. The number of benzene rings is 1. The Hall–Kier alpha value is -2.86. The fourth-order valence-corrected chi connectivity index (χ4v) is 2.85. The molecule has 146 valence electrons. The lowest BCUT2D eigenvalue weighted by molar-refractivity contribution is -0.144. The molecule has 1 aromatic heterocycles. The third kappa shape index (κ3) is 4.86. The molecule has 0 aliphatic rings. The number of hydrogen-bond acceptors (Lipinski definition) is 7. The van der Waals surface area contributed by atoms with Gasteiger partial charge in [0.2, 0.25) is 15.8 Å². The van der Waals surface area contributed by atoms with Gasteiger partial charge in [-0.1, -0.05) is 0 Å². The predicted molar refractivity (Wildman–Crippen MR) is 81.3 cm³/mol. The average Bonchev–Trinajstić information content (AvgIpc) is 3.11. The van der Waals surface area contributed by atoms with E-state index in [9.17, 15) is 31.2 Å². The summed E-state index contributed by atoms with van der Waals surface area (Å²) in [5.74, 6) is -7.29. The van der Waals surface area contributed by atoms with Gasteiger partial charge in [-0.3, -0.25) is 4.79 Å². The lowest BCUT2D eigenvalue weighted by Gasteiger charge is -2.08. The van der Waals surface area contributed by atoms with Crippen molar-refractivity contribution in [3.8, 4) is 0 Å². The Kier molecular flexibility index (Phi) is 6.23. The van der Waals surface area contributed by atoms with Crippen LogP contribution in [0.25, 0.3) is 0 Å². The molecular weight excluding hydrogens is 395 g/mol. The molecule has 2 rings (SSSR count). The van der Waals surface area contributed by atoms with Gasteiger partial charge < -0.3 is 13.9 Å². The zero-order valence-electron chi connectivity index (χ0n) is 13.6. The number of ether oxygens (including phenoxy) is 2. The molecule has 0 saturated carbocycles. The molecule has 1 heterocycles. The topological polar surface area (TPSA) is 112 Å². The third-order valence-corrected chi connectivity index (χ3v) is 4.54. The molecule has 0 aliphatic heterocycles. The van der Waals surface area contributed by atoms with Gasteiger partial charge in [0.25, 0.3) is 0 Å². The van der Waals surface area contributed by atoms with Crippen molar-refractivity contribution in [3.05, 3.63) is 53.2 Å². The summed E-state index contributed by atoms with van der Waals surface area (Å²) in [4.78, 5) is 21.6. The molecule has 0 amide bonds. The Bertz CT molecular complexity index is 972. The summed E-state index contributed by atoms with van der Waals surface area (Å²) < 4.78 is 79.2. The third-order valence-electron chi connectivity index (χ3n) is 3.12. The van der Waals surface area contributed by atoms with Crippen LogP contribution in [0.5, 0.6) is 0 Å². The maximum atomic E-state index is 13.5. The molecule has 0 fully saturated rings. The summed E-state index contributed by atoms with van der Waals surface area (Å²) in [7, 11) is -3.49. The van der Waals surface area contributed by atoms with E-state index in [4.69, 9.17) is 9.15 Å². The van der Waals surface area contributed by atoms with E-state index in [0.29, 0.717) is 12.1 Å². The Labute approximate surface area is 150 Å². The van der Waals surface area contributed by atoms with Crippen LogP contribution in [-0.4, -0.2) is 34.0 Å². The van der Waals surface area contributed by atoms with Crippen LogP contribution in [0, 0.1) is 17.5 Å². The fraction of sp³-hybridized carbons (Fsp3) is 0.200. The van der Waals surface area contributed by atoms with Crippen LogP contribution in [0.2, 0.25) is 0 Å². The highest BCUT2D eigenvalue weighted by atomic mass is 32.2. The van der Waals surface area contributed by atoms with E-state index in [1.807, 2.05) is 0 Å². The van der Waals surface area contributed by atoms with Gasteiger partial charge in [-0.2, -0.15) is 4.72 Å². The Morgan fingerprint density at radius 2 is 1.81 bits per heavy atom. The van der Waals surface area contributed by atoms with Crippen molar-refractivity contribution in [1.29, 1.82) is 0 Å². The summed E-state index contributed by atoms with van der Waals surface area (Å²) in [6.45, 7) is -1.33. The van der Waals surface area contributed by atoms with Crippen LogP contribution < -0.4 is 4.72 Å². The first-order valence-corrected chi connectivity index (χ1v) is 8.60.